The number of halogens is 1. The first-order valence-electron chi connectivity index (χ1n) is 11.4. The summed E-state index contributed by atoms with van der Waals surface area (Å²) in [6.07, 6.45) is 1.57. The molecule has 0 fully saturated rings. The van der Waals surface area contributed by atoms with Crippen molar-refractivity contribution in [2.24, 2.45) is 5.10 Å². The smallest absolute Gasteiger partial charge is 0.260 e. The second kappa shape index (κ2) is 10.6. The lowest BCUT2D eigenvalue weighted by Gasteiger charge is -2.14. The molecule has 5 aromatic rings. The zero-order chi connectivity index (χ0) is 24.9. The lowest BCUT2D eigenvalue weighted by atomic mass is 10.1. The van der Waals surface area contributed by atoms with E-state index >= 15 is 0 Å². The Kier molecular flexibility index (Phi) is 6.91. The molecule has 4 aromatic carbocycles. The van der Waals surface area contributed by atoms with Gasteiger partial charge in [0.05, 0.1) is 21.7 Å². The molecule has 0 radical (unpaired) electrons. The van der Waals surface area contributed by atoms with Crippen LogP contribution >= 0.6 is 15.9 Å². The minimum atomic E-state index is -0.299. The number of rotatable bonds is 7. The van der Waals surface area contributed by atoms with Gasteiger partial charge in [0.1, 0.15) is 18.9 Å². The first kappa shape index (κ1) is 23.5. The van der Waals surface area contributed by atoms with Crippen LogP contribution in [0.1, 0.15) is 11.1 Å². The number of para-hydroxylation sites is 2. The number of benzene rings is 4. The van der Waals surface area contributed by atoms with Gasteiger partial charge in [-0.1, -0.05) is 54.6 Å². The number of amides is 1. The highest BCUT2D eigenvalue weighted by molar-refractivity contribution is 9.10. The van der Waals surface area contributed by atoms with E-state index in [1.807, 2.05) is 89.5 Å². The quantitative estimate of drug-likeness (QED) is 0.165. The molecule has 7 heteroatoms. The van der Waals surface area contributed by atoms with Crippen molar-refractivity contribution >= 4 is 49.9 Å². The van der Waals surface area contributed by atoms with E-state index in [1.54, 1.807) is 18.3 Å². The van der Waals surface area contributed by atoms with Crippen LogP contribution in [-0.4, -0.2) is 16.7 Å². The van der Waals surface area contributed by atoms with Crippen LogP contribution in [0.5, 0.6) is 5.75 Å². The molecule has 0 aliphatic carbocycles. The fraction of sp³-hybridized carbons (Fsp3) is 0.0690. The average Bonchev–Trinajstić information content (AvgIpc) is 2.91. The van der Waals surface area contributed by atoms with Crippen molar-refractivity contribution in [1.29, 1.82) is 0 Å². The number of nitrogens with zero attached hydrogens (tertiary/aromatic N) is 2. The van der Waals surface area contributed by atoms with Crippen LogP contribution in [-0.2, 0) is 17.9 Å². The Labute approximate surface area is 216 Å². The summed E-state index contributed by atoms with van der Waals surface area (Å²) < 4.78 is 8.51. The van der Waals surface area contributed by atoms with Gasteiger partial charge in [-0.3, -0.25) is 9.59 Å². The lowest BCUT2D eigenvalue weighted by Crippen LogP contribution is -2.25. The molecular weight excluding hydrogens is 518 g/mol. The number of carbonyl (C=O) groups excluding carboxylic acids is 1. The highest BCUT2D eigenvalue weighted by Gasteiger charge is 2.12. The molecule has 0 spiro atoms. The highest BCUT2D eigenvalue weighted by Crippen LogP contribution is 2.26. The molecule has 0 atom stereocenters. The average molecular weight is 540 g/mol. The molecule has 0 saturated heterocycles. The van der Waals surface area contributed by atoms with Gasteiger partial charge in [-0.05, 0) is 69.5 Å². The Hall–Kier alpha value is -4.23. The topological polar surface area (TPSA) is 72.7 Å². The van der Waals surface area contributed by atoms with E-state index in [0.717, 1.165) is 21.3 Å². The monoisotopic (exact) mass is 539 g/mol. The Bertz CT molecular complexity index is 1590. The van der Waals surface area contributed by atoms with Crippen LogP contribution in [0.25, 0.3) is 21.8 Å². The van der Waals surface area contributed by atoms with Gasteiger partial charge in [0, 0.05) is 10.8 Å². The molecule has 6 nitrogen and oxygen atoms in total. The van der Waals surface area contributed by atoms with Gasteiger partial charge < -0.3 is 9.30 Å². The molecule has 1 amide bonds. The SMILES string of the molecule is O=C(Cn1c2ccccc2c(=O)c2ccccc21)N/N=C\c1ccc(OCc2ccccc2)c(Br)c1. The Morgan fingerprint density at radius 1 is 0.889 bits per heavy atom. The number of hydrogen-bond donors (Lipinski definition) is 1. The van der Waals surface area contributed by atoms with E-state index in [1.165, 1.54) is 0 Å². The molecule has 36 heavy (non-hydrogen) atoms. The Morgan fingerprint density at radius 2 is 1.53 bits per heavy atom. The third-order valence-electron chi connectivity index (χ3n) is 5.78. The highest BCUT2D eigenvalue weighted by atomic mass is 79.9. The Morgan fingerprint density at radius 3 is 2.19 bits per heavy atom. The van der Waals surface area contributed by atoms with Gasteiger partial charge in [0.2, 0.25) is 0 Å². The zero-order valence-corrected chi connectivity index (χ0v) is 20.8. The van der Waals surface area contributed by atoms with Crippen LogP contribution in [0, 0.1) is 0 Å². The number of nitrogens with one attached hydrogen (secondary N) is 1. The predicted octanol–water partition coefficient (Wildman–Crippen LogP) is 5.65. The van der Waals surface area contributed by atoms with Crippen LogP contribution in [0.15, 0.2) is 111 Å². The summed E-state index contributed by atoms with van der Waals surface area (Å²) in [6, 6.07) is 30.1. The number of aromatic nitrogens is 1. The molecule has 0 aliphatic heterocycles. The van der Waals surface area contributed by atoms with E-state index in [0.29, 0.717) is 28.4 Å². The maximum Gasteiger partial charge on any atom is 0.260 e. The van der Waals surface area contributed by atoms with E-state index in [9.17, 15) is 9.59 Å². The molecule has 1 heterocycles. The van der Waals surface area contributed by atoms with Gasteiger partial charge in [0.15, 0.2) is 5.43 Å². The number of fused-ring (bicyclic) bond motifs is 2. The normalized spacial score (nSPS) is 11.2. The summed E-state index contributed by atoms with van der Waals surface area (Å²) in [5.74, 6) is 0.420. The lowest BCUT2D eigenvalue weighted by molar-refractivity contribution is -0.121. The summed E-state index contributed by atoms with van der Waals surface area (Å²) in [4.78, 5) is 25.6. The number of carbonyl (C=O) groups is 1. The van der Waals surface area contributed by atoms with Gasteiger partial charge in [-0.2, -0.15) is 5.10 Å². The third kappa shape index (κ3) is 5.06. The number of pyridine rings is 1. The number of hydrazone groups is 1. The second-order valence-corrected chi connectivity index (χ2v) is 9.06. The van der Waals surface area contributed by atoms with Crippen molar-refractivity contribution < 1.29 is 9.53 Å². The first-order valence-corrected chi connectivity index (χ1v) is 12.2. The van der Waals surface area contributed by atoms with Crippen molar-refractivity contribution in [3.05, 3.63) is 123 Å². The van der Waals surface area contributed by atoms with Gasteiger partial charge in [-0.25, -0.2) is 5.43 Å². The van der Waals surface area contributed by atoms with Crippen molar-refractivity contribution in [3.8, 4) is 5.75 Å². The van der Waals surface area contributed by atoms with Crippen LogP contribution in [0.4, 0.5) is 0 Å². The standard InChI is InChI=1S/C29H22BrN3O3/c30-24-16-21(14-15-27(24)36-19-20-8-2-1-3-9-20)17-31-32-28(34)18-33-25-12-6-4-10-22(25)29(35)23-11-5-7-13-26(23)33/h1-17H,18-19H2,(H,32,34)/b31-17-. The molecule has 0 unspecified atom stereocenters. The summed E-state index contributed by atoms with van der Waals surface area (Å²) in [7, 11) is 0. The van der Waals surface area contributed by atoms with Gasteiger partial charge in [0.25, 0.3) is 5.91 Å². The van der Waals surface area contributed by atoms with Crippen molar-refractivity contribution in [3.63, 3.8) is 0 Å². The van der Waals surface area contributed by atoms with E-state index < -0.39 is 0 Å². The van der Waals surface area contributed by atoms with Crippen molar-refractivity contribution in [2.75, 3.05) is 0 Å². The first-order chi connectivity index (χ1) is 17.6. The molecule has 0 saturated carbocycles. The zero-order valence-electron chi connectivity index (χ0n) is 19.2. The second-order valence-electron chi connectivity index (χ2n) is 8.21. The van der Waals surface area contributed by atoms with Crippen LogP contribution in [0.2, 0.25) is 0 Å². The molecule has 0 aliphatic rings. The maximum atomic E-state index is 12.9. The largest absolute Gasteiger partial charge is 0.488 e. The minimum absolute atomic E-state index is 0.0224. The van der Waals surface area contributed by atoms with E-state index in [4.69, 9.17) is 4.74 Å². The van der Waals surface area contributed by atoms with Crippen molar-refractivity contribution in [1.82, 2.24) is 9.99 Å². The van der Waals surface area contributed by atoms with Crippen molar-refractivity contribution in [2.45, 2.75) is 13.2 Å². The van der Waals surface area contributed by atoms with E-state index in [2.05, 4.69) is 26.5 Å². The fourth-order valence-electron chi connectivity index (χ4n) is 4.05. The number of hydrogen-bond acceptors (Lipinski definition) is 4. The maximum absolute atomic E-state index is 12.9. The van der Waals surface area contributed by atoms with Gasteiger partial charge in [-0.15, -0.1) is 0 Å². The van der Waals surface area contributed by atoms with Crippen LogP contribution < -0.4 is 15.6 Å². The summed E-state index contributed by atoms with van der Waals surface area (Å²) in [5.41, 5.74) is 5.84. The number of ether oxygens (including phenoxy) is 1. The third-order valence-corrected chi connectivity index (χ3v) is 6.40. The summed E-state index contributed by atoms with van der Waals surface area (Å²) >= 11 is 3.53. The van der Waals surface area contributed by atoms with Crippen LogP contribution in [0.3, 0.4) is 0 Å². The molecular formula is C29H22BrN3O3. The molecule has 1 N–H and O–H groups in total. The Balaban J connectivity index is 1.28. The summed E-state index contributed by atoms with van der Waals surface area (Å²) in [5, 5.41) is 5.27. The molecule has 5 rings (SSSR count). The molecule has 178 valence electrons. The van der Waals surface area contributed by atoms with E-state index in [-0.39, 0.29) is 17.9 Å². The van der Waals surface area contributed by atoms with Gasteiger partial charge >= 0.3 is 0 Å². The molecule has 0 bridgehead atoms. The predicted molar refractivity (Wildman–Crippen MR) is 146 cm³/mol. The minimum Gasteiger partial charge on any atom is -0.488 e. The fourth-order valence-corrected chi connectivity index (χ4v) is 4.57. The molecule has 1 aromatic heterocycles. The summed E-state index contributed by atoms with van der Waals surface area (Å²) in [6.45, 7) is 0.492.